The second-order valence-corrected chi connectivity index (χ2v) is 9.02. The number of likely N-dealkylation sites (N-methyl/N-ethyl adjacent to an activating group) is 1. The van der Waals surface area contributed by atoms with Crippen LogP contribution in [0.2, 0.25) is 0 Å². The number of carbonyl (C=O) groups is 1. The van der Waals surface area contributed by atoms with Crippen LogP contribution in [0.25, 0.3) is 0 Å². The van der Waals surface area contributed by atoms with E-state index in [1.807, 2.05) is 49.2 Å². The molecule has 1 saturated heterocycles. The molecule has 0 saturated carbocycles. The largest absolute Gasteiger partial charge is 0.338 e. The van der Waals surface area contributed by atoms with Crippen LogP contribution in [-0.4, -0.2) is 68.2 Å². The van der Waals surface area contributed by atoms with Crippen molar-refractivity contribution in [3.63, 3.8) is 0 Å². The molecule has 1 fully saturated rings. The van der Waals surface area contributed by atoms with E-state index < -0.39 is 10.0 Å². The Morgan fingerprint density at radius 3 is 2.07 bits per heavy atom. The Morgan fingerprint density at radius 1 is 0.964 bits per heavy atom. The molecule has 0 spiro atoms. The number of rotatable bonds is 6. The molecule has 6 nitrogen and oxygen atoms in total. The Morgan fingerprint density at radius 2 is 1.50 bits per heavy atom. The van der Waals surface area contributed by atoms with E-state index in [2.05, 4.69) is 0 Å². The maximum atomic E-state index is 12.7. The quantitative estimate of drug-likeness (QED) is 0.745. The molecule has 1 aliphatic rings. The monoisotopic (exact) mass is 401 g/mol. The predicted molar refractivity (Wildman–Crippen MR) is 109 cm³/mol. The van der Waals surface area contributed by atoms with E-state index in [9.17, 15) is 13.2 Å². The third-order valence-corrected chi connectivity index (χ3v) is 7.24. The summed E-state index contributed by atoms with van der Waals surface area (Å²) in [4.78, 5) is 16.8. The molecule has 28 heavy (non-hydrogen) atoms. The van der Waals surface area contributed by atoms with Gasteiger partial charge in [0.15, 0.2) is 0 Å². The van der Waals surface area contributed by atoms with Gasteiger partial charge in [-0.05, 0) is 24.6 Å². The van der Waals surface area contributed by atoms with Gasteiger partial charge < -0.3 is 4.90 Å². The van der Waals surface area contributed by atoms with E-state index in [1.54, 1.807) is 35.2 Å². The van der Waals surface area contributed by atoms with Gasteiger partial charge in [0.1, 0.15) is 0 Å². The van der Waals surface area contributed by atoms with Crippen LogP contribution in [0.3, 0.4) is 0 Å². The van der Waals surface area contributed by atoms with Gasteiger partial charge in [-0.25, -0.2) is 8.42 Å². The first kappa shape index (κ1) is 20.5. The molecule has 1 aliphatic heterocycles. The Bertz CT molecular complexity index is 880. The predicted octanol–water partition coefficient (Wildman–Crippen LogP) is 2.21. The molecule has 0 aromatic heterocycles. The highest BCUT2D eigenvalue weighted by molar-refractivity contribution is 7.89. The molecule has 0 bridgehead atoms. The Kier molecular flexibility index (Phi) is 6.49. The van der Waals surface area contributed by atoms with Crippen molar-refractivity contribution in [3.8, 4) is 0 Å². The maximum Gasteiger partial charge on any atom is 0.243 e. The first-order valence-corrected chi connectivity index (χ1v) is 10.9. The van der Waals surface area contributed by atoms with E-state index in [0.717, 1.165) is 5.56 Å². The van der Waals surface area contributed by atoms with E-state index >= 15 is 0 Å². The van der Waals surface area contributed by atoms with Crippen molar-refractivity contribution in [1.82, 2.24) is 14.1 Å². The summed E-state index contributed by atoms with van der Waals surface area (Å²) in [5.74, 6) is 0.0377. The fourth-order valence-corrected chi connectivity index (χ4v) is 4.79. The molecule has 0 unspecified atom stereocenters. The van der Waals surface area contributed by atoms with Crippen molar-refractivity contribution in [2.45, 2.75) is 17.9 Å². The van der Waals surface area contributed by atoms with Crippen LogP contribution in [0.1, 0.15) is 18.5 Å². The first-order chi connectivity index (χ1) is 13.4. The standard InChI is InChI=1S/C21H27N3O3S/c1-18(19-9-5-3-6-10-19)22(2)21(25)17-23-13-15-24(16-14-23)28(26,27)20-11-7-4-8-12-20/h3-12,18H,13-17H2,1-2H3/t18-/m1/s1. The van der Waals surface area contributed by atoms with Crippen LogP contribution in [0.5, 0.6) is 0 Å². The maximum absolute atomic E-state index is 12.7. The summed E-state index contributed by atoms with van der Waals surface area (Å²) in [5, 5.41) is 0. The topological polar surface area (TPSA) is 60.9 Å². The van der Waals surface area contributed by atoms with Crippen molar-refractivity contribution in [1.29, 1.82) is 0 Å². The Balaban J connectivity index is 1.55. The summed E-state index contributed by atoms with van der Waals surface area (Å²) in [6, 6.07) is 18.4. The highest BCUT2D eigenvalue weighted by atomic mass is 32.2. The first-order valence-electron chi connectivity index (χ1n) is 9.48. The highest BCUT2D eigenvalue weighted by Crippen LogP contribution is 2.20. The molecule has 1 atom stereocenters. The molecule has 1 amide bonds. The van der Waals surface area contributed by atoms with Gasteiger partial charge in [-0.15, -0.1) is 0 Å². The van der Waals surface area contributed by atoms with Crippen molar-refractivity contribution < 1.29 is 13.2 Å². The summed E-state index contributed by atoms with van der Waals surface area (Å²) in [7, 11) is -1.65. The van der Waals surface area contributed by atoms with Crippen LogP contribution in [-0.2, 0) is 14.8 Å². The lowest BCUT2D eigenvalue weighted by molar-refractivity contribution is -0.133. The highest BCUT2D eigenvalue weighted by Gasteiger charge is 2.29. The number of sulfonamides is 1. The second kappa shape index (κ2) is 8.86. The van der Waals surface area contributed by atoms with Crippen LogP contribution in [0.4, 0.5) is 0 Å². The van der Waals surface area contributed by atoms with Crippen LogP contribution < -0.4 is 0 Å². The van der Waals surface area contributed by atoms with Crippen LogP contribution >= 0.6 is 0 Å². The minimum atomic E-state index is -3.47. The molecule has 150 valence electrons. The molecule has 1 heterocycles. The molecule has 7 heteroatoms. The van der Waals surface area contributed by atoms with Crippen molar-refractivity contribution in [2.75, 3.05) is 39.8 Å². The normalized spacial score (nSPS) is 17.2. The number of nitrogens with zero attached hydrogens (tertiary/aromatic N) is 3. The molecule has 0 radical (unpaired) electrons. The lowest BCUT2D eigenvalue weighted by Crippen LogP contribution is -2.51. The molecule has 0 N–H and O–H groups in total. The van der Waals surface area contributed by atoms with Crippen molar-refractivity contribution >= 4 is 15.9 Å². The van der Waals surface area contributed by atoms with Crippen LogP contribution in [0.15, 0.2) is 65.6 Å². The van der Waals surface area contributed by atoms with E-state index in [4.69, 9.17) is 0 Å². The summed E-state index contributed by atoms with van der Waals surface area (Å²) < 4.78 is 26.9. The van der Waals surface area contributed by atoms with Crippen molar-refractivity contribution in [2.24, 2.45) is 0 Å². The van der Waals surface area contributed by atoms with Gasteiger partial charge in [0.05, 0.1) is 17.5 Å². The van der Waals surface area contributed by atoms with Gasteiger partial charge in [-0.2, -0.15) is 4.31 Å². The van der Waals surface area contributed by atoms with Gasteiger partial charge in [-0.3, -0.25) is 9.69 Å². The van der Waals surface area contributed by atoms with Gasteiger partial charge in [0, 0.05) is 33.2 Å². The number of benzene rings is 2. The summed E-state index contributed by atoms with van der Waals surface area (Å²) in [5.41, 5.74) is 1.09. The zero-order valence-electron chi connectivity index (χ0n) is 16.4. The van der Waals surface area contributed by atoms with Gasteiger partial charge in [0.25, 0.3) is 0 Å². The van der Waals surface area contributed by atoms with Gasteiger partial charge in [0.2, 0.25) is 15.9 Å². The van der Waals surface area contributed by atoms with Gasteiger partial charge in [-0.1, -0.05) is 48.5 Å². The van der Waals surface area contributed by atoms with E-state index in [1.165, 1.54) is 4.31 Å². The molecule has 0 aliphatic carbocycles. The number of carbonyl (C=O) groups excluding carboxylic acids is 1. The molecule has 2 aromatic rings. The van der Waals surface area contributed by atoms with Crippen LogP contribution in [0, 0.1) is 0 Å². The minimum Gasteiger partial charge on any atom is -0.338 e. The zero-order valence-corrected chi connectivity index (χ0v) is 17.2. The zero-order chi connectivity index (χ0) is 20.1. The summed E-state index contributed by atoms with van der Waals surface area (Å²) in [6.07, 6.45) is 0. The van der Waals surface area contributed by atoms with Gasteiger partial charge >= 0.3 is 0 Å². The third-order valence-electron chi connectivity index (χ3n) is 5.33. The number of amides is 1. The number of piperazine rings is 1. The Labute approximate surface area is 167 Å². The smallest absolute Gasteiger partial charge is 0.243 e. The summed E-state index contributed by atoms with van der Waals surface area (Å²) >= 11 is 0. The third kappa shape index (κ3) is 4.60. The van der Waals surface area contributed by atoms with E-state index in [0.29, 0.717) is 37.6 Å². The summed E-state index contributed by atoms with van der Waals surface area (Å²) in [6.45, 7) is 4.19. The molecular formula is C21H27N3O3S. The number of hydrogen-bond donors (Lipinski definition) is 0. The molecule has 2 aromatic carbocycles. The molecule has 3 rings (SSSR count). The average Bonchev–Trinajstić information content (AvgIpc) is 2.74. The lowest BCUT2D eigenvalue weighted by Gasteiger charge is -2.35. The fourth-order valence-electron chi connectivity index (χ4n) is 3.34. The SMILES string of the molecule is C[C@H](c1ccccc1)N(C)C(=O)CN1CCN(S(=O)(=O)c2ccccc2)CC1. The minimum absolute atomic E-state index is 0.00607. The van der Waals surface area contributed by atoms with E-state index in [-0.39, 0.29) is 11.9 Å². The van der Waals surface area contributed by atoms with Crippen molar-refractivity contribution in [3.05, 3.63) is 66.2 Å². The fraction of sp³-hybridized carbons (Fsp3) is 0.381. The second-order valence-electron chi connectivity index (χ2n) is 7.08. The Hall–Kier alpha value is -2.22. The molecular weight excluding hydrogens is 374 g/mol. The lowest BCUT2D eigenvalue weighted by atomic mass is 10.1. The number of hydrogen-bond acceptors (Lipinski definition) is 4. The average molecular weight is 402 g/mol.